The van der Waals surface area contributed by atoms with Gasteiger partial charge in [0.25, 0.3) is 0 Å². The molecule has 0 radical (unpaired) electrons. The molecule has 5 nitrogen and oxygen atoms in total. The van der Waals surface area contributed by atoms with Gasteiger partial charge in [-0.05, 0) is 51.1 Å². The van der Waals surface area contributed by atoms with Crippen LogP contribution in [0.2, 0.25) is 0 Å². The summed E-state index contributed by atoms with van der Waals surface area (Å²) < 4.78 is 41.1. The highest BCUT2D eigenvalue weighted by molar-refractivity contribution is 7.91. The Morgan fingerprint density at radius 1 is 1.21 bits per heavy atom. The van der Waals surface area contributed by atoms with E-state index in [-0.39, 0.29) is 15.8 Å². The number of nitrogens with one attached hydrogen (secondary N) is 1. The van der Waals surface area contributed by atoms with Gasteiger partial charge in [0.05, 0.1) is 22.8 Å². The van der Waals surface area contributed by atoms with Gasteiger partial charge in [-0.3, -0.25) is 4.68 Å². The molecule has 1 aromatic carbocycles. The maximum atomic E-state index is 13.1. The van der Waals surface area contributed by atoms with E-state index in [9.17, 15) is 12.8 Å². The number of hydrogen-bond acceptors (Lipinski definition) is 4. The van der Waals surface area contributed by atoms with E-state index >= 15 is 0 Å². The lowest BCUT2D eigenvalue weighted by molar-refractivity contribution is 0.466. The maximum absolute atomic E-state index is 13.1. The van der Waals surface area contributed by atoms with E-state index in [0.717, 1.165) is 12.1 Å². The Morgan fingerprint density at radius 2 is 1.83 bits per heavy atom. The number of aryl methyl sites for hydroxylation is 1. The van der Waals surface area contributed by atoms with Crippen LogP contribution in [-0.4, -0.2) is 31.3 Å². The van der Waals surface area contributed by atoms with Crippen molar-refractivity contribution in [3.63, 3.8) is 0 Å². The van der Waals surface area contributed by atoms with Crippen LogP contribution in [0.5, 0.6) is 0 Å². The molecule has 24 heavy (non-hydrogen) atoms. The lowest BCUT2D eigenvalue weighted by Crippen LogP contribution is -2.28. The highest BCUT2D eigenvalue weighted by atomic mass is 32.2. The lowest BCUT2D eigenvalue weighted by Gasteiger charge is -2.13. The van der Waals surface area contributed by atoms with Crippen molar-refractivity contribution in [3.8, 4) is 0 Å². The highest BCUT2D eigenvalue weighted by Gasteiger charge is 2.29. The zero-order valence-electron chi connectivity index (χ0n) is 14.5. The Balaban J connectivity index is 2.61. The topological polar surface area (TPSA) is 64.0 Å². The number of sulfone groups is 1. The predicted molar refractivity (Wildman–Crippen MR) is 91.4 cm³/mol. The molecule has 1 atom stereocenters. The maximum Gasteiger partial charge on any atom is 0.210 e. The number of aromatic nitrogens is 2. The van der Waals surface area contributed by atoms with Crippen molar-refractivity contribution in [2.45, 2.75) is 56.0 Å². The van der Waals surface area contributed by atoms with Crippen molar-refractivity contribution >= 4 is 9.84 Å². The fourth-order valence-electron chi connectivity index (χ4n) is 2.65. The van der Waals surface area contributed by atoms with E-state index in [1.807, 2.05) is 27.8 Å². The van der Waals surface area contributed by atoms with Gasteiger partial charge in [0.15, 0.2) is 0 Å². The summed E-state index contributed by atoms with van der Waals surface area (Å²) in [7, 11) is -1.88. The fraction of sp³-hybridized carbons (Fsp3) is 0.471. The average molecular weight is 353 g/mol. The van der Waals surface area contributed by atoms with Gasteiger partial charge in [-0.2, -0.15) is 5.10 Å². The molecule has 2 aromatic rings. The first-order valence-electron chi connectivity index (χ1n) is 8.11. The Kier molecular flexibility index (Phi) is 5.77. The lowest BCUT2D eigenvalue weighted by atomic mass is 10.2. The van der Waals surface area contributed by atoms with Gasteiger partial charge in [-0.25, -0.2) is 12.8 Å². The molecule has 0 spiro atoms. The first-order chi connectivity index (χ1) is 11.3. The van der Waals surface area contributed by atoms with Crippen LogP contribution in [0.15, 0.2) is 34.1 Å². The number of likely N-dealkylation sites (N-methyl/N-ethyl adjacent to an activating group) is 1. The third kappa shape index (κ3) is 3.52. The minimum absolute atomic E-state index is 0.0921. The fourth-order valence-corrected chi connectivity index (χ4v) is 4.44. The average Bonchev–Trinajstić information content (AvgIpc) is 2.93. The zero-order chi connectivity index (χ0) is 17.9. The third-order valence-corrected chi connectivity index (χ3v) is 5.98. The van der Waals surface area contributed by atoms with Gasteiger partial charge in [0, 0.05) is 6.04 Å². The van der Waals surface area contributed by atoms with Gasteiger partial charge in [0.1, 0.15) is 10.7 Å². The van der Waals surface area contributed by atoms with Crippen LogP contribution in [0.3, 0.4) is 0 Å². The van der Waals surface area contributed by atoms with Gasteiger partial charge < -0.3 is 5.32 Å². The molecule has 1 N–H and O–H groups in total. The van der Waals surface area contributed by atoms with E-state index in [2.05, 4.69) is 10.4 Å². The van der Waals surface area contributed by atoms with Crippen molar-refractivity contribution in [1.29, 1.82) is 0 Å². The van der Waals surface area contributed by atoms with Crippen LogP contribution in [0.25, 0.3) is 0 Å². The first kappa shape index (κ1) is 18.6. The molecule has 0 fully saturated rings. The third-order valence-electron chi connectivity index (χ3n) is 4.08. The zero-order valence-corrected chi connectivity index (χ0v) is 15.3. The van der Waals surface area contributed by atoms with E-state index in [1.165, 1.54) is 12.1 Å². The van der Waals surface area contributed by atoms with Gasteiger partial charge in [-0.1, -0.05) is 13.8 Å². The Labute approximate surface area is 142 Å². The van der Waals surface area contributed by atoms with Crippen LogP contribution < -0.4 is 5.32 Å². The van der Waals surface area contributed by atoms with Crippen LogP contribution in [0, 0.1) is 5.82 Å². The second-order valence-corrected chi connectivity index (χ2v) is 7.65. The number of benzene rings is 1. The summed E-state index contributed by atoms with van der Waals surface area (Å²) in [6, 6.07) is 5.10. The Morgan fingerprint density at radius 3 is 2.33 bits per heavy atom. The number of nitrogens with zero attached hydrogens (tertiary/aromatic N) is 2. The minimum Gasteiger partial charge on any atom is -0.315 e. The first-order valence-corrected chi connectivity index (χ1v) is 9.59. The number of rotatable bonds is 7. The van der Waals surface area contributed by atoms with Crippen LogP contribution in [0.1, 0.15) is 32.2 Å². The minimum atomic E-state index is -3.73. The molecule has 132 valence electrons. The monoisotopic (exact) mass is 353 g/mol. The Bertz CT molecular complexity index is 798. The van der Waals surface area contributed by atoms with E-state index in [1.54, 1.807) is 4.68 Å². The van der Waals surface area contributed by atoms with Crippen molar-refractivity contribution in [3.05, 3.63) is 41.5 Å². The molecule has 0 bridgehead atoms. The summed E-state index contributed by atoms with van der Waals surface area (Å²) in [4.78, 5) is 0.358. The summed E-state index contributed by atoms with van der Waals surface area (Å²) in [6.45, 7) is 6.41. The van der Waals surface area contributed by atoms with Crippen LogP contribution in [-0.2, 0) is 29.2 Å². The smallest absolute Gasteiger partial charge is 0.210 e. The van der Waals surface area contributed by atoms with Crippen molar-refractivity contribution in [2.24, 2.45) is 0 Å². The SMILES string of the molecule is CCc1nn(C[C@H](C)NC)c(CC)c1S(=O)(=O)c1ccc(F)cc1. The van der Waals surface area contributed by atoms with Crippen molar-refractivity contribution in [1.82, 2.24) is 15.1 Å². The second-order valence-electron chi connectivity index (χ2n) is 5.76. The molecule has 1 heterocycles. The number of hydrogen-bond donors (Lipinski definition) is 1. The van der Waals surface area contributed by atoms with Crippen molar-refractivity contribution < 1.29 is 12.8 Å². The summed E-state index contributed by atoms with van der Waals surface area (Å²) in [6.07, 6.45) is 1.07. The molecule has 1 aromatic heterocycles. The largest absolute Gasteiger partial charge is 0.315 e. The van der Waals surface area contributed by atoms with E-state index in [4.69, 9.17) is 0 Å². The summed E-state index contributed by atoms with van der Waals surface area (Å²) in [5.74, 6) is -0.459. The molecular weight excluding hydrogens is 329 g/mol. The molecule has 0 unspecified atom stereocenters. The predicted octanol–water partition coefficient (Wildman–Crippen LogP) is 2.59. The van der Waals surface area contributed by atoms with Gasteiger partial charge >= 0.3 is 0 Å². The molecule has 0 saturated heterocycles. The highest BCUT2D eigenvalue weighted by Crippen LogP contribution is 2.28. The molecule has 0 aliphatic carbocycles. The molecule has 7 heteroatoms. The molecule has 2 rings (SSSR count). The van der Waals surface area contributed by atoms with Gasteiger partial charge in [-0.15, -0.1) is 0 Å². The van der Waals surface area contributed by atoms with Crippen LogP contribution in [0.4, 0.5) is 4.39 Å². The molecular formula is C17H24FN3O2S. The van der Waals surface area contributed by atoms with Crippen LogP contribution >= 0.6 is 0 Å². The summed E-state index contributed by atoms with van der Waals surface area (Å²) >= 11 is 0. The molecule has 0 aliphatic heterocycles. The van der Waals surface area contributed by atoms with E-state index in [0.29, 0.717) is 30.8 Å². The van der Waals surface area contributed by atoms with Crippen molar-refractivity contribution in [2.75, 3.05) is 7.05 Å². The second kappa shape index (κ2) is 7.44. The molecule has 0 aliphatic rings. The van der Waals surface area contributed by atoms with Gasteiger partial charge in [0.2, 0.25) is 9.84 Å². The molecule has 0 amide bonds. The quantitative estimate of drug-likeness (QED) is 0.777. The van der Waals surface area contributed by atoms with E-state index < -0.39 is 15.7 Å². The summed E-state index contributed by atoms with van der Waals surface area (Å²) in [5, 5.41) is 7.66. The number of halogens is 1. The normalized spacial score (nSPS) is 13.2. The summed E-state index contributed by atoms with van der Waals surface area (Å²) in [5.41, 5.74) is 1.25. The Hall–Kier alpha value is -1.73. The molecule has 0 saturated carbocycles. The standard InChI is InChI=1S/C17H24FN3O2S/c1-5-15-17(16(6-2)21(20-15)11-12(3)19-4)24(22,23)14-9-7-13(18)8-10-14/h7-10,12,19H,5-6,11H2,1-4H3/t12-/m0/s1.